The van der Waals surface area contributed by atoms with Crippen LogP contribution in [0.4, 0.5) is 5.69 Å². The molecule has 0 aliphatic heterocycles. The molecule has 3 rings (SSSR count). The van der Waals surface area contributed by atoms with Crippen molar-refractivity contribution in [3.63, 3.8) is 0 Å². The van der Waals surface area contributed by atoms with Crippen LogP contribution in [-0.4, -0.2) is 23.2 Å². The minimum atomic E-state index is -0.409. The van der Waals surface area contributed by atoms with E-state index in [1.54, 1.807) is 48.5 Å². The fraction of sp³-hybridized carbons (Fsp3) is 0.100. The van der Waals surface area contributed by atoms with Crippen LogP contribution in [0, 0.1) is 0 Å². The Morgan fingerprint density at radius 2 is 2.03 bits per heavy atom. The molecule has 0 unspecified atom stereocenters. The normalized spacial score (nSPS) is 10.5. The van der Waals surface area contributed by atoms with Gasteiger partial charge in [0, 0.05) is 15.7 Å². The van der Waals surface area contributed by atoms with Crippen LogP contribution in [0.2, 0.25) is 5.02 Å². The second kappa shape index (κ2) is 9.41. The van der Waals surface area contributed by atoms with Gasteiger partial charge in [0.25, 0.3) is 5.91 Å². The number of hydrogen-bond donors (Lipinski definition) is 3. The number of aliphatic hydroxyl groups excluding tert-OH is 1. The molecule has 1 aromatic heterocycles. The van der Waals surface area contributed by atoms with Gasteiger partial charge in [0.1, 0.15) is 23.9 Å². The topological polar surface area (TPSA) is 83.7 Å². The molecule has 0 fully saturated rings. The number of carbonyl (C=O) groups is 1. The average molecular weight is 496 g/mol. The Morgan fingerprint density at radius 3 is 2.72 bits per heavy atom. The van der Waals surface area contributed by atoms with E-state index in [4.69, 9.17) is 38.1 Å². The molecule has 150 valence electrons. The van der Waals surface area contributed by atoms with Crippen LogP contribution in [-0.2, 0) is 6.61 Å². The zero-order chi connectivity index (χ0) is 21.0. The van der Waals surface area contributed by atoms with Gasteiger partial charge in [-0.25, -0.2) is 0 Å². The first-order valence-electron chi connectivity index (χ1n) is 8.36. The van der Waals surface area contributed by atoms with Gasteiger partial charge in [0.2, 0.25) is 0 Å². The van der Waals surface area contributed by atoms with Crippen LogP contribution in [0.15, 0.2) is 57.4 Å². The van der Waals surface area contributed by atoms with E-state index in [0.717, 1.165) is 4.47 Å². The van der Waals surface area contributed by atoms with Crippen LogP contribution in [0.1, 0.15) is 16.1 Å². The zero-order valence-corrected chi connectivity index (χ0v) is 18.3. The molecule has 6 nitrogen and oxygen atoms in total. The lowest BCUT2D eigenvalue weighted by Crippen LogP contribution is -2.34. The number of thiocarbonyl (C=S) groups is 1. The van der Waals surface area contributed by atoms with Gasteiger partial charge in [-0.2, -0.15) is 0 Å². The van der Waals surface area contributed by atoms with Gasteiger partial charge >= 0.3 is 0 Å². The van der Waals surface area contributed by atoms with Crippen LogP contribution in [0.5, 0.6) is 5.75 Å². The molecule has 0 aliphatic carbocycles. The highest BCUT2D eigenvalue weighted by Gasteiger charge is 2.15. The number of furan rings is 1. The van der Waals surface area contributed by atoms with Crippen LogP contribution < -0.4 is 15.4 Å². The molecule has 0 bridgehead atoms. The number of amides is 1. The molecule has 0 aliphatic rings. The minimum absolute atomic E-state index is 0.112. The first-order valence-corrected chi connectivity index (χ1v) is 9.94. The van der Waals surface area contributed by atoms with Crippen molar-refractivity contribution in [3.8, 4) is 17.1 Å². The monoisotopic (exact) mass is 494 g/mol. The van der Waals surface area contributed by atoms with Crippen molar-refractivity contribution < 1.29 is 19.1 Å². The molecule has 1 heterocycles. The summed E-state index contributed by atoms with van der Waals surface area (Å²) in [6.07, 6.45) is 0. The third-order valence-electron chi connectivity index (χ3n) is 3.94. The molecule has 2 aromatic carbocycles. The van der Waals surface area contributed by atoms with Gasteiger partial charge in [0.15, 0.2) is 5.11 Å². The van der Waals surface area contributed by atoms with Crippen molar-refractivity contribution in [2.24, 2.45) is 0 Å². The molecular weight excluding hydrogens is 480 g/mol. The highest BCUT2D eigenvalue weighted by atomic mass is 79.9. The minimum Gasteiger partial charge on any atom is -0.496 e. The van der Waals surface area contributed by atoms with Gasteiger partial charge in [-0.3, -0.25) is 10.1 Å². The van der Waals surface area contributed by atoms with Crippen molar-refractivity contribution >= 4 is 56.5 Å². The maximum Gasteiger partial charge on any atom is 0.261 e. The van der Waals surface area contributed by atoms with E-state index in [9.17, 15) is 4.79 Å². The van der Waals surface area contributed by atoms with E-state index in [1.807, 2.05) is 0 Å². The SMILES string of the molecule is COc1ccc(Br)cc1C(=O)NC(=S)Nc1ccc(Cl)c(-c2ccc(CO)o2)c1. The highest BCUT2D eigenvalue weighted by molar-refractivity contribution is 9.10. The van der Waals surface area contributed by atoms with E-state index in [1.165, 1.54) is 7.11 Å². The lowest BCUT2D eigenvalue weighted by molar-refractivity contribution is 0.0974. The number of carbonyl (C=O) groups excluding carboxylic acids is 1. The Morgan fingerprint density at radius 1 is 1.24 bits per heavy atom. The van der Waals surface area contributed by atoms with Crippen molar-refractivity contribution in [3.05, 3.63) is 69.3 Å². The Balaban J connectivity index is 1.75. The third-order valence-corrected chi connectivity index (χ3v) is 4.97. The van der Waals surface area contributed by atoms with Crippen LogP contribution >= 0.6 is 39.7 Å². The lowest BCUT2D eigenvalue weighted by atomic mass is 10.1. The van der Waals surface area contributed by atoms with Crippen molar-refractivity contribution in [1.82, 2.24) is 5.32 Å². The molecule has 0 spiro atoms. The lowest BCUT2D eigenvalue weighted by Gasteiger charge is -2.13. The van der Waals surface area contributed by atoms with Gasteiger partial charge < -0.3 is 19.6 Å². The smallest absolute Gasteiger partial charge is 0.261 e. The molecule has 0 saturated carbocycles. The fourth-order valence-corrected chi connectivity index (χ4v) is 3.37. The largest absolute Gasteiger partial charge is 0.496 e. The summed E-state index contributed by atoms with van der Waals surface area (Å²) in [4.78, 5) is 12.6. The Bertz CT molecular complexity index is 1070. The molecule has 3 aromatic rings. The maximum absolute atomic E-state index is 12.6. The fourth-order valence-electron chi connectivity index (χ4n) is 2.59. The summed E-state index contributed by atoms with van der Waals surface area (Å²) in [5.74, 6) is 0.963. The van der Waals surface area contributed by atoms with Gasteiger partial charge in [0.05, 0.1) is 17.7 Å². The summed E-state index contributed by atoms with van der Waals surface area (Å²) in [6.45, 7) is -0.204. The molecule has 0 radical (unpaired) electrons. The van der Waals surface area contributed by atoms with Crippen LogP contribution in [0.3, 0.4) is 0 Å². The predicted molar refractivity (Wildman–Crippen MR) is 119 cm³/mol. The number of nitrogens with one attached hydrogen (secondary N) is 2. The second-order valence-corrected chi connectivity index (χ2v) is 7.60. The summed E-state index contributed by atoms with van der Waals surface area (Å²) in [7, 11) is 1.49. The Kier molecular flexibility index (Phi) is 6.92. The van der Waals surface area contributed by atoms with Gasteiger partial charge in [-0.15, -0.1) is 0 Å². The summed E-state index contributed by atoms with van der Waals surface area (Å²) in [5, 5.41) is 15.3. The maximum atomic E-state index is 12.6. The van der Waals surface area contributed by atoms with Crippen molar-refractivity contribution in [1.29, 1.82) is 0 Å². The van der Waals surface area contributed by atoms with Crippen molar-refractivity contribution in [2.75, 3.05) is 12.4 Å². The quantitative estimate of drug-likeness (QED) is 0.433. The molecular formula is C20H16BrClN2O4S. The molecule has 1 amide bonds. The highest BCUT2D eigenvalue weighted by Crippen LogP contribution is 2.32. The summed E-state index contributed by atoms with van der Waals surface area (Å²) in [5.41, 5.74) is 1.58. The third kappa shape index (κ3) is 5.16. The van der Waals surface area contributed by atoms with E-state index in [-0.39, 0.29) is 11.7 Å². The number of hydrogen-bond acceptors (Lipinski definition) is 5. The first-order chi connectivity index (χ1) is 13.9. The number of halogens is 2. The number of methoxy groups -OCH3 is 1. The molecule has 9 heteroatoms. The summed E-state index contributed by atoms with van der Waals surface area (Å²) >= 11 is 14.9. The number of benzene rings is 2. The van der Waals surface area contributed by atoms with Crippen LogP contribution in [0.25, 0.3) is 11.3 Å². The van der Waals surface area contributed by atoms with E-state index in [2.05, 4.69) is 26.6 Å². The second-order valence-electron chi connectivity index (χ2n) is 5.87. The van der Waals surface area contributed by atoms with Gasteiger partial charge in [-0.05, 0) is 60.7 Å². The standard InChI is InChI=1S/C20H16BrClN2O4S/c1-27-17-6-2-11(21)8-15(17)19(26)24-20(29)23-12-3-5-16(22)14(9-12)18-7-4-13(10-25)28-18/h2-9,25H,10H2,1H3,(H2,23,24,26,29). The molecule has 0 atom stereocenters. The van der Waals surface area contributed by atoms with E-state index in [0.29, 0.717) is 39.1 Å². The average Bonchev–Trinajstić information content (AvgIpc) is 3.18. The Hall–Kier alpha value is -2.39. The predicted octanol–water partition coefficient (Wildman–Crippen LogP) is 4.99. The van der Waals surface area contributed by atoms with Crippen molar-refractivity contribution in [2.45, 2.75) is 6.61 Å². The zero-order valence-electron chi connectivity index (χ0n) is 15.2. The molecule has 3 N–H and O–H groups in total. The summed E-state index contributed by atoms with van der Waals surface area (Å²) in [6, 6.07) is 13.6. The number of ether oxygens (including phenoxy) is 1. The summed E-state index contributed by atoms with van der Waals surface area (Å²) < 4.78 is 11.5. The number of anilines is 1. The van der Waals surface area contributed by atoms with E-state index < -0.39 is 5.91 Å². The number of rotatable bonds is 5. The number of aliphatic hydroxyl groups is 1. The molecule has 29 heavy (non-hydrogen) atoms. The first kappa shape index (κ1) is 21.3. The van der Waals surface area contributed by atoms with Gasteiger partial charge in [-0.1, -0.05) is 27.5 Å². The van der Waals surface area contributed by atoms with E-state index >= 15 is 0 Å². The molecule has 0 saturated heterocycles. The Labute approximate surface area is 185 Å².